The summed E-state index contributed by atoms with van der Waals surface area (Å²) in [5, 5.41) is 15.7. The number of hydrogen-bond acceptors (Lipinski definition) is 5. The van der Waals surface area contributed by atoms with Crippen molar-refractivity contribution in [2.75, 3.05) is 13.2 Å². The number of hydrogen-bond donors (Lipinski definition) is 2. The van der Waals surface area contributed by atoms with E-state index >= 15 is 0 Å². The van der Waals surface area contributed by atoms with Gasteiger partial charge in [-0.25, -0.2) is 0 Å². The summed E-state index contributed by atoms with van der Waals surface area (Å²) < 4.78 is 49.3. The molecular weight excluding hydrogens is 307 g/mol. The van der Waals surface area contributed by atoms with Gasteiger partial charge in [-0.1, -0.05) is 0 Å². The fraction of sp³-hybridized carbons (Fsp3) is 0.667. The van der Waals surface area contributed by atoms with Crippen molar-refractivity contribution in [1.82, 2.24) is 15.1 Å². The molecule has 0 aromatic carbocycles. The van der Waals surface area contributed by atoms with E-state index in [1.165, 1.54) is 0 Å². The number of carbonyl (C=O) groups is 1. The third-order valence-corrected chi connectivity index (χ3v) is 3.75. The van der Waals surface area contributed by atoms with E-state index < -0.39 is 42.1 Å². The Morgan fingerprint density at radius 3 is 2.73 bits per heavy atom. The van der Waals surface area contributed by atoms with Crippen LogP contribution < -0.4 is 5.32 Å². The summed E-state index contributed by atoms with van der Waals surface area (Å²) in [6, 6.07) is 0.151. The Bertz CT molecular complexity index is 589. The van der Waals surface area contributed by atoms with Crippen molar-refractivity contribution < 1.29 is 32.5 Å². The van der Waals surface area contributed by atoms with E-state index in [0.29, 0.717) is 10.7 Å². The summed E-state index contributed by atoms with van der Waals surface area (Å²) in [6.07, 6.45) is -6.39. The number of aliphatic hydroxyl groups is 1. The Morgan fingerprint density at radius 1 is 1.41 bits per heavy atom. The van der Waals surface area contributed by atoms with Gasteiger partial charge >= 0.3 is 6.18 Å². The molecule has 0 unspecified atom stereocenters. The van der Waals surface area contributed by atoms with Gasteiger partial charge in [-0.3, -0.25) is 9.48 Å². The van der Waals surface area contributed by atoms with E-state index in [0.717, 1.165) is 7.05 Å². The minimum Gasteiger partial charge on any atom is -0.388 e. The van der Waals surface area contributed by atoms with Gasteiger partial charge < -0.3 is 19.9 Å². The van der Waals surface area contributed by atoms with Crippen LogP contribution in [0, 0.1) is 0 Å². The van der Waals surface area contributed by atoms with E-state index in [2.05, 4.69) is 10.4 Å². The summed E-state index contributed by atoms with van der Waals surface area (Å²) in [5.74, 6) is -0.745. The van der Waals surface area contributed by atoms with Gasteiger partial charge in [-0.05, 0) is 0 Å². The Balaban J connectivity index is 1.71. The second kappa shape index (κ2) is 5.21. The van der Waals surface area contributed by atoms with E-state index in [-0.39, 0.29) is 18.9 Å². The first-order valence-corrected chi connectivity index (χ1v) is 6.60. The molecule has 1 aromatic rings. The second-order valence-electron chi connectivity index (χ2n) is 5.28. The summed E-state index contributed by atoms with van der Waals surface area (Å²) in [7, 11) is 1.12. The maximum Gasteiger partial charge on any atom is 0.433 e. The van der Waals surface area contributed by atoms with Gasteiger partial charge in [0.2, 0.25) is 0 Å². The van der Waals surface area contributed by atoms with E-state index in [1.807, 2.05) is 0 Å². The third kappa shape index (κ3) is 2.57. The van der Waals surface area contributed by atoms with Gasteiger partial charge in [0.1, 0.15) is 24.0 Å². The lowest BCUT2D eigenvalue weighted by molar-refractivity contribution is -0.143. The molecule has 22 heavy (non-hydrogen) atoms. The monoisotopic (exact) mass is 321 g/mol. The molecule has 1 amide bonds. The van der Waals surface area contributed by atoms with Crippen molar-refractivity contribution in [3.8, 4) is 0 Å². The van der Waals surface area contributed by atoms with Crippen LogP contribution in [0.1, 0.15) is 16.2 Å². The highest BCUT2D eigenvalue weighted by atomic mass is 19.4. The summed E-state index contributed by atoms with van der Waals surface area (Å²) in [5.41, 5.74) is -1.34. The van der Waals surface area contributed by atoms with Crippen LogP contribution >= 0.6 is 0 Å². The molecule has 2 saturated heterocycles. The lowest BCUT2D eigenvalue weighted by Gasteiger charge is -2.16. The van der Waals surface area contributed by atoms with Crippen molar-refractivity contribution >= 4 is 5.91 Å². The molecule has 0 radical (unpaired) electrons. The van der Waals surface area contributed by atoms with Crippen LogP contribution in [-0.4, -0.2) is 58.4 Å². The average Bonchev–Trinajstić information content (AvgIpc) is 3.07. The molecule has 0 saturated carbocycles. The molecule has 3 rings (SSSR count). The van der Waals surface area contributed by atoms with Gasteiger partial charge in [0.15, 0.2) is 5.69 Å². The molecule has 4 atom stereocenters. The summed E-state index contributed by atoms with van der Waals surface area (Å²) in [4.78, 5) is 12.0. The first kappa shape index (κ1) is 15.3. The molecule has 2 aliphatic heterocycles. The maximum absolute atomic E-state index is 12.7. The van der Waals surface area contributed by atoms with Crippen LogP contribution in [-0.2, 0) is 22.7 Å². The molecule has 1 aromatic heterocycles. The molecule has 7 nitrogen and oxygen atoms in total. The lowest BCUT2D eigenvalue weighted by atomic mass is 10.1. The van der Waals surface area contributed by atoms with Crippen LogP contribution in [0.3, 0.4) is 0 Å². The SMILES string of the molecule is Cn1nc(C(=O)N[C@H]2CO[C@H]3[C@@H]2OC[C@H]3O)cc1C(F)(F)F. The van der Waals surface area contributed by atoms with Crippen LogP contribution in [0.15, 0.2) is 6.07 Å². The zero-order valence-corrected chi connectivity index (χ0v) is 11.5. The number of ether oxygens (including phenoxy) is 2. The molecular formula is C12H14F3N3O4. The number of carbonyl (C=O) groups excluding carboxylic acids is 1. The summed E-state index contributed by atoms with van der Waals surface area (Å²) in [6.45, 7) is 0.223. The predicted molar refractivity (Wildman–Crippen MR) is 65.0 cm³/mol. The molecule has 3 heterocycles. The summed E-state index contributed by atoms with van der Waals surface area (Å²) >= 11 is 0. The Hall–Kier alpha value is -1.65. The van der Waals surface area contributed by atoms with E-state index in [9.17, 15) is 23.1 Å². The molecule has 2 fully saturated rings. The highest BCUT2D eigenvalue weighted by molar-refractivity contribution is 5.92. The molecule has 0 spiro atoms. The molecule has 0 aliphatic carbocycles. The highest BCUT2D eigenvalue weighted by Gasteiger charge is 2.47. The number of aromatic nitrogens is 2. The zero-order chi connectivity index (χ0) is 16.1. The number of aliphatic hydroxyl groups excluding tert-OH is 1. The van der Waals surface area contributed by atoms with Gasteiger partial charge in [0, 0.05) is 13.1 Å². The van der Waals surface area contributed by atoms with Crippen LogP contribution in [0.25, 0.3) is 0 Å². The lowest BCUT2D eigenvalue weighted by Crippen LogP contribution is -2.44. The average molecular weight is 321 g/mol. The smallest absolute Gasteiger partial charge is 0.388 e. The Kier molecular flexibility index (Phi) is 3.62. The first-order chi connectivity index (χ1) is 10.3. The number of fused-ring (bicyclic) bond motifs is 1. The maximum atomic E-state index is 12.7. The van der Waals surface area contributed by atoms with Gasteiger partial charge in [-0.2, -0.15) is 18.3 Å². The standard InChI is InChI=1S/C12H14F3N3O4/c1-18-8(12(13,14)15)2-5(17-18)11(20)16-6-3-21-10-7(19)4-22-9(6)10/h2,6-7,9-10,19H,3-4H2,1H3,(H,16,20)/t6-,7+,9+,10+/m0/s1. The van der Waals surface area contributed by atoms with Crippen molar-refractivity contribution in [2.45, 2.75) is 30.5 Å². The second-order valence-corrected chi connectivity index (χ2v) is 5.28. The third-order valence-electron chi connectivity index (χ3n) is 3.75. The molecule has 10 heteroatoms. The molecule has 0 bridgehead atoms. The quantitative estimate of drug-likeness (QED) is 0.781. The van der Waals surface area contributed by atoms with E-state index in [4.69, 9.17) is 9.47 Å². The molecule has 122 valence electrons. The van der Waals surface area contributed by atoms with Crippen molar-refractivity contribution in [2.24, 2.45) is 7.05 Å². The highest BCUT2D eigenvalue weighted by Crippen LogP contribution is 2.30. The van der Waals surface area contributed by atoms with Crippen molar-refractivity contribution in [3.05, 3.63) is 17.5 Å². The van der Waals surface area contributed by atoms with Crippen LogP contribution in [0.5, 0.6) is 0 Å². The van der Waals surface area contributed by atoms with Gasteiger partial charge in [0.25, 0.3) is 5.91 Å². The number of nitrogens with zero attached hydrogens (tertiary/aromatic N) is 2. The fourth-order valence-electron chi connectivity index (χ4n) is 2.69. The number of nitrogens with one attached hydrogen (secondary N) is 1. The minimum atomic E-state index is -4.58. The number of rotatable bonds is 2. The minimum absolute atomic E-state index is 0.101. The predicted octanol–water partition coefficient (Wildman–Crippen LogP) is -0.304. The number of alkyl halides is 3. The van der Waals surface area contributed by atoms with Gasteiger partial charge in [-0.15, -0.1) is 0 Å². The Morgan fingerprint density at radius 2 is 2.09 bits per heavy atom. The molecule has 2 aliphatic rings. The first-order valence-electron chi connectivity index (χ1n) is 6.60. The largest absolute Gasteiger partial charge is 0.433 e. The Labute approximate surface area is 123 Å². The normalized spacial score (nSPS) is 31.3. The van der Waals surface area contributed by atoms with Crippen LogP contribution in [0.4, 0.5) is 13.2 Å². The van der Waals surface area contributed by atoms with Crippen molar-refractivity contribution in [3.63, 3.8) is 0 Å². The van der Waals surface area contributed by atoms with Crippen molar-refractivity contribution in [1.29, 1.82) is 0 Å². The van der Waals surface area contributed by atoms with Crippen LogP contribution in [0.2, 0.25) is 0 Å². The number of aryl methyl sites for hydroxylation is 1. The number of halogens is 3. The zero-order valence-electron chi connectivity index (χ0n) is 11.5. The number of amides is 1. The topological polar surface area (TPSA) is 85.6 Å². The van der Waals surface area contributed by atoms with E-state index in [1.54, 1.807) is 0 Å². The fourth-order valence-corrected chi connectivity index (χ4v) is 2.69. The molecule has 2 N–H and O–H groups in total. The van der Waals surface area contributed by atoms with Gasteiger partial charge in [0.05, 0.1) is 19.3 Å².